The molecule has 0 radical (unpaired) electrons. The lowest BCUT2D eigenvalue weighted by molar-refractivity contribution is -0.121. The molecular formula is C20H27N5O. The van der Waals surface area contributed by atoms with Gasteiger partial charge in [0.2, 0.25) is 5.91 Å². The van der Waals surface area contributed by atoms with E-state index in [2.05, 4.69) is 20.2 Å². The average Bonchev–Trinajstić information content (AvgIpc) is 2.64. The van der Waals surface area contributed by atoms with Crippen molar-refractivity contribution in [3.63, 3.8) is 0 Å². The van der Waals surface area contributed by atoms with E-state index in [1.165, 1.54) is 0 Å². The van der Waals surface area contributed by atoms with Crippen molar-refractivity contribution < 1.29 is 4.79 Å². The minimum absolute atomic E-state index is 0.0859. The van der Waals surface area contributed by atoms with Gasteiger partial charge in [-0.25, -0.2) is 9.97 Å². The van der Waals surface area contributed by atoms with Gasteiger partial charge in [-0.1, -0.05) is 24.3 Å². The van der Waals surface area contributed by atoms with Crippen LogP contribution in [0.1, 0.15) is 24.0 Å². The molecule has 6 heteroatoms. The standard InChI is InChI=1S/C20H27N5O/c1-15-7-4-5-8-16(15)11-20(26)23-17-9-6-10-25(13-17)19-12-18(24(2)3)21-14-22-19/h4-5,7-8,12,14,17H,6,9-11,13H2,1-3H3,(H,23,26). The predicted molar refractivity (Wildman–Crippen MR) is 105 cm³/mol. The zero-order chi connectivity index (χ0) is 18.5. The largest absolute Gasteiger partial charge is 0.363 e. The smallest absolute Gasteiger partial charge is 0.224 e. The van der Waals surface area contributed by atoms with Crippen molar-refractivity contribution in [2.45, 2.75) is 32.2 Å². The molecule has 2 aromatic rings. The summed E-state index contributed by atoms with van der Waals surface area (Å²) in [5, 5.41) is 3.20. The number of carbonyl (C=O) groups excluding carboxylic acids is 1. The molecule has 1 atom stereocenters. The predicted octanol–water partition coefficient (Wildman–Crippen LogP) is 2.18. The molecule has 0 saturated carbocycles. The summed E-state index contributed by atoms with van der Waals surface area (Å²) in [6.45, 7) is 3.78. The van der Waals surface area contributed by atoms with Gasteiger partial charge in [-0.3, -0.25) is 4.79 Å². The van der Waals surface area contributed by atoms with Gasteiger partial charge in [0.1, 0.15) is 18.0 Å². The second-order valence-electron chi connectivity index (χ2n) is 7.08. The molecule has 1 amide bonds. The van der Waals surface area contributed by atoms with Crippen LogP contribution in [0.4, 0.5) is 11.6 Å². The third-order valence-electron chi connectivity index (χ3n) is 4.82. The Balaban J connectivity index is 1.61. The highest BCUT2D eigenvalue weighted by molar-refractivity contribution is 5.79. The summed E-state index contributed by atoms with van der Waals surface area (Å²) in [5.74, 6) is 1.89. The lowest BCUT2D eigenvalue weighted by Gasteiger charge is -2.34. The normalized spacial score (nSPS) is 17.0. The molecule has 1 N–H and O–H groups in total. The van der Waals surface area contributed by atoms with Crippen molar-refractivity contribution in [2.24, 2.45) is 0 Å². The molecule has 138 valence electrons. The van der Waals surface area contributed by atoms with Crippen LogP contribution in [-0.4, -0.2) is 49.1 Å². The first-order valence-electron chi connectivity index (χ1n) is 9.11. The Bertz CT molecular complexity index is 761. The second-order valence-corrected chi connectivity index (χ2v) is 7.08. The molecule has 2 heterocycles. The summed E-state index contributed by atoms with van der Waals surface area (Å²) in [4.78, 5) is 25.3. The first-order valence-corrected chi connectivity index (χ1v) is 9.11. The van der Waals surface area contributed by atoms with Crippen molar-refractivity contribution in [1.29, 1.82) is 0 Å². The van der Waals surface area contributed by atoms with Gasteiger partial charge in [0.25, 0.3) is 0 Å². The number of rotatable bonds is 5. The number of anilines is 2. The van der Waals surface area contributed by atoms with Gasteiger partial charge in [-0.05, 0) is 30.9 Å². The van der Waals surface area contributed by atoms with Crippen molar-refractivity contribution in [2.75, 3.05) is 37.0 Å². The number of nitrogens with one attached hydrogen (secondary N) is 1. The highest BCUT2D eigenvalue weighted by Crippen LogP contribution is 2.20. The van der Waals surface area contributed by atoms with Gasteiger partial charge in [0.05, 0.1) is 6.42 Å². The van der Waals surface area contributed by atoms with Crippen LogP contribution in [0.2, 0.25) is 0 Å². The van der Waals surface area contributed by atoms with Crippen LogP contribution in [0, 0.1) is 6.92 Å². The Kier molecular flexibility index (Phi) is 5.71. The summed E-state index contributed by atoms with van der Waals surface area (Å²) >= 11 is 0. The molecule has 0 bridgehead atoms. The number of benzene rings is 1. The molecule has 3 rings (SSSR count). The summed E-state index contributed by atoms with van der Waals surface area (Å²) in [7, 11) is 3.94. The molecule has 26 heavy (non-hydrogen) atoms. The highest BCUT2D eigenvalue weighted by Gasteiger charge is 2.23. The van der Waals surface area contributed by atoms with Crippen LogP contribution in [0.5, 0.6) is 0 Å². The van der Waals surface area contributed by atoms with Crippen LogP contribution in [0.15, 0.2) is 36.7 Å². The van der Waals surface area contributed by atoms with Gasteiger partial charge in [0.15, 0.2) is 0 Å². The number of aryl methyl sites for hydroxylation is 1. The van der Waals surface area contributed by atoms with Gasteiger partial charge >= 0.3 is 0 Å². The Morgan fingerprint density at radius 3 is 2.88 bits per heavy atom. The average molecular weight is 353 g/mol. The summed E-state index contributed by atoms with van der Waals surface area (Å²) in [5.41, 5.74) is 2.24. The van der Waals surface area contributed by atoms with Crippen LogP contribution < -0.4 is 15.1 Å². The SMILES string of the molecule is Cc1ccccc1CC(=O)NC1CCCN(c2cc(N(C)C)ncn2)C1. The van der Waals surface area contributed by atoms with Crippen LogP contribution in [-0.2, 0) is 11.2 Å². The lowest BCUT2D eigenvalue weighted by atomic mass is 10.0. The van der Waals surface area contributed by atoms with Crippen molar-refractivity contribution in [3.8, 4) is 0 Å². The van der Waals surface area contributed by atoms with E-state index in [-0.39, 0.29) is 11.9 Å². The topological polar surface area (TPSA) is 61.4 Å². The number of amides is 1. The molecule has 1 aliphatic heterocycles. The summed E-state index contributed by atoms with van der Waals surface area (Å²) in [6.07, 6.45) is 4.07. The number of nitrogens with zero attached hydrogens (tertiary/aromatic N) is 4. The Hall–Kier alpha value is -2.63. The van der Waals surface area contributed by atoms with E-state index >= 15 is 0 Å². The lowest BCUT2D eigenvalue weighted by Crippen LogP contribution is -2.48. The summed E-state index contributed by atoms with van der Waals surface area (Å²) in [6, 6.07) is 10.2. The fourth-order valence-electron chi connectivity index (χ4n) is 3.32. The molecule has 1 saturated heterocycles. The minimum atomic E-state index is 0.0859. The highest BCUT2D eigenvalue weighted by atomic mass is 16.1. The fraction of sp³-hybridized carbons (Fsp3) is 0.450. The number of aromatic nitrogens is 2. The molecule has 0 spiro atoms. The zero-order valence-electron chi connectivity index (χ0n) is 15.8. The number of carbonyl (C=O) groups is 1. The van der Waals surface area contributed by atoms with E-state index in [1.54, 1.807) is 6.33 Å². The fourth-order valence-corrected chi connectivity index (χ4v) is 3.32. The molecular weight excluding hydrogens is 326 g/mol. The maximum absolute atomic E-state index is 12.5. The Morgan fingerprint density at radius 1 is 1.31 bits per heavy atom. The molecule has 0 aliphatic carbocycles. The third kappa shape index (κ3) is 4.50. The molecule has 1 aliphatic rings. The van der Waals surface area contributed by atoms with E-state index in [4.69, 9.17) is 0 Å². The molecule has 1 unspecified atom stereocenters. The van der Waals surface area contributed by atoms with Crippen LogP contribution in [0.25, 0.3) is 0 Å². The van der Waals surface area contributed by atoms with Crippen molar-refractivity contribution >= 4 is 17.5 Å². The Labute approximate surface area is 155 Å². The van der Waals surface area contributed by atoms with E-state index < -0.39 is 0 Å². The zero-order valence-corrected chi connectivity index (χ0v) is 15.8. The maximum Gasteiger partial charge on any atom is 0.224 e. The first kappa shape index (κ1) is 18.2. The van der Waals surface area contributed by atoms with E-state index in [0.717, 1.165) is 48.7 Å². The van der Waals surface area contributed by atoms with Crippen molar-refractivity contribution in [3.05, 3.63) is 47.8 Å². The number of piperidine rings is 1. The second kappa shape index (κ2) is 8.17. The van der Waals surface area contributed by atoms with Gasteiger partial charge in [-0.15, -0.1) is 0 Å². The van der Waals surface area contributed by atoms with E-state index in [9.17, 15) is 4.79 Å². The number of hydrogen-bond donors (Lipinski definition) is 1. The van der Waals surface area contributed by atoms with Crippen LogP contribution in [0.3, 0.4) is 0 Å². The summed E-state index contributed by atoms with van der Waals surface area (Å²) < 4.78 is 0. The molecule has 1 fully saturated rings. The quantitative estimate of drug-likeness (QED) is 0.893. The molecule has 6 nitrogen and oxygen atoms in total. The number of hydrogen-bond acceptors (Lipinski definition) is 5. The van der Waals surface area contributed by atoms with E-state index in [1.807, 2.05) is 56.3 Å². The molecule has 1 aromatic heterocycles. The first-order chi connectivity index (χ1) is 12.5. The van der Waals surface area contributed by atoms with E-state index in [0.29, 0.717) is 6.42 Å². The monoisotopic (exact) mass is 353 g/mol. The van der Waals surface area contributed by atoms with Gasteiger partial charge < -0.3 is 15.1 Å². The molecule has 1 aromatic carbocycles. The van der Waals surface area contributed by atoms with Crippen molar-refractivity contribution in [1.82, 2.24) is 15.3 Å². The maximum atomic E-state index is 12.5. The van der Waals surface area contributed by atoms with Gasteiger partial charge in [-0.2, -0.15) is 0 Å². The van der Waals surface area contributed by atoms with Gasteiger partial charge in [0, 0.05) is 39.3 Å². The Morgan fingerprint density at radius 2 is 2.12 bits per heavy atom. The van der Waals surface area contributed by atoms with Crippen LogP contribution >= 0.6 is 0 Å². The minimum Gasteiger partial charge on any atom is -0.363 e. The third-order valence-corrected chi connectivity index (χ3v) is 4.82.